The fraction of sp³-hybridized carbons (Fsp3) is 0.750. The summed E-state index contributed by atoms with van der Waals surface area (Å²) in [5.41, 5.74) is 7.29. The van der Waals surface area contributed by atoms with Crippen LogP contribution in [0, 0.1) is 0 Å². The highest BCUT2D eigenvalue weighted by Crippen LogP contribution is 2.26. The number of nitrogens with two attached hydrogens (primary N) is 1. The number of hydrogen-bond acceptors (Lipinski definition) is 3. The van der Waals surface area contributed by atoms with E-state index in [1.165, 1.54) is 37.2 Å². The summed E-state index contributed by atoms with van der Waals surface area (Å²) in [7, 11) is 0. The van der Waals surface area contributed by atoms with Gasteiger partial charge in [0.2, 0.25) is 0 Å². The molecule has 0 aliphatic carbocycles. The Balaban J connectivity index is 1.85. The first-order valence-corrected chi connectivity index (χ1v) is 6.41. The third-order valence-corrected chi connectivity index (χ3v) is 3.75. The van der Waals surface area contributed by atoms with Crippen LogP contribution in [-0.4, -0.2) is 16.1 Å². The monoisotopic (exact) mass is 220 g/mol. The fourth-order valence-electron chi connectivity index (χ4n) is 2.81. The molecule has 3 N–H and O–H groups in total. The molecule has 2 atom stereocenters. The lowest BCUT2D eigenvalue weighted by Gasteiger charge is -2.21. The van der Waals surface area contributed by atoms with Gasteiger partial charge in [-0.3, -0.25) is 0 Å². The smallest absolute Gasteiger partial charge is 0.110 e. The third-order valence-electron chi connectivity index (χ3n) is 3.75. The van der Waals surface area contributed by atoms with Gasteiger partial charge in [-0.05, 0) is 32.2 Å². The van der Waals surface area contributed by atoms with Gasteiger partial charge < -0.3 is 15.6 Å². The van der Waals surface area contributed by atoms with E-state index < -0.39 is 0 Å². The van der Waals surface area contributed by atoms with Crippen LogP contribution in [0.2, 0.25) is 0 Å². The molecule has 0 radical (unpaired) electrons. The standard InChI is InChI=1S/C12H20N4/c13-11-5-3-6-12-15-10(8-16(11)12)9-4-1-2-7-14-9/h8-9,11,14H,1-7,13H2. The van der Waals surface area contributed by atoms with Crippen LogP contribution < -0.4 is 11.1 Å². The molecular weight excluding hydrogens is 200 g/mol. The molecule has 4 heteroatoms. The summed E-state index contributed by atoms with van der Waals surface area (Å²) < 4.78 is 2.18. The number of nitrogens with zero attached hydrogens (tertiary/aromatic N) is 2. The van der Waals surface area contributed by atoms with Crippen LogP contribution in [-0.2, 0) is 6.42 Å². The van der Waals surface area contributed by atoms with Crippen molar-refractivity contribution in [3.8, 4) is 0 Å². The number of rotatable bonds is 1. The maximum Gasteiger partial charge on any atom is 0.110 e. The molecule has 16 heavy (non-hydrogen) atoms. The van der Waals surface area contributed by atoms with E-state index in [9.17, 15) is 0 Å². The van der Waals surface area contributed by atoms with Crippen LogP contribution in [0.4, 0.5) is 0 Å². The lowest BCUT2D eigenvalue weighted by Crippen LogP contribution is -2.27. The Morgan fingerprint density at radius 3 is 3.00 bits per heavy atom. The lowest BCUT2D eigenvalue weighted by molar-refractivity contribution is 0.403. The molecule has 2 unspecified atom stereocenters. The summed E-state index contributed by atoms with van der Waals surface area (Å²) in [6, 6.07) is 0.457. The van der Waals surface area contributed by atoms with Crippen molar-refractivity contribution in [3.05, 3.63) is 17.7 Å². The molecular formula is C12H20N4. The van der Waals surface area contributed by atoms with Crippen molar-refractivity contribution in [1.82, 2.24) is 14.9 Å². The summed E-state index contributed by atoms with van der Waals surface area (Å²) in [5, 5.41) is 3.54. The van der Waals surface area contributed by atoms with Gasteiger partial charge >= 0.3 is 0 Å². The fourth-order valence-corrected chi connectivity index (χ4v) is 2.81. The minimum absolute atomic E-state index is 0.147. The van der Waals surface area contributed by atoms with Crippen molar-refractivity contribution in [1.29, 1.82) is 0 Å². The van der Waals surface area contributed by atoms with Gasteiger partial charge in [0.05, 0.1) is 17.9 Å². The summed E-state index contributed by atoms with van der Waals surface area (Å²) in [4.78, 5) is 4.75. The molecule has 0 aromatic carbocycles. The minimum Gasteiger partial charge on any atom is -0.319 e. The van der Waals surface area contributed by atoms with Crippen molar-refractivity contribution in [2.75, 3.05) is 6.54 Å². The largest absolute Gasteiger partial charge is 0.319 e. The van der Waals surface area contributed by atoms with Crippen LogP contribution in [0.15, 0.2) is 6.20 Å². The topological polar surface area (TPSA) is 55.9 Å². The molecule has 4 nitrogen and oxygen atoms in total. The zero-order valence-electron chi connectivity index (χ0n) is 9.65. The molecule has 2 aliphatic heterocycles. The Hall–Kier alpha value is -0.870. The summed E-state index contributed by atoms with van der Waals surface area (Å²) in [6.07, 6.45) is 9.48. The molecule has 0 amide bonds. The Bertz CT molecular complexity index is 365. The van der Waals surface area contributed by atoms with E-state index in [0.717, 1.165) is 19.4 Å². The number of aromatic nitrogens is 2. The summed E-state index contributed by atoms with van der Waals surface area (Å²) in [6.45, 7) is 1.12. The normalized spacial score (nSPS) is 30.1. The number of aryl methyl sites for hydroxylation is 1. The maximum absolute atomic E-state index is 6.09. The van der Waals surface area contributed by atoms with E-state index in [-0.39, 0.29) is 6.17 Å². The SMILES string of the molecule is NC1CCCc2nc(C3CCCCN3)cn21. The number of nitrogens with one attached hydrogen (secondary N) is 1. The van der Waals surface area contributed by atoms with Gasteiger partial charge in [0, 0.05) is 12.6 Å². The van der Waals surface area contributed by atoms with Crippen LogP contribution >= 0.6 is 0 Å². The predicted molar refractivity (Wildman–Crippen MR) is 63.0 cm³/mol. The molecule has 0 saturated carbocycles. The van der Waals surface area contributed by atoms with Crippen LogP contribution in [0.5, 0.6) is 0 Å². The third kappa shape index (κ3) is 1.76. The molecule has 1 aromatic rings. The summed E-state index contributed by atoms with van der Waals surface area (Å²) >= 11 is 0. The predicted octanol–water partition coefficient (Wildman–Crippen LogP) is 1.49. The second-order valence-electron chi connectivity index (χ2n) is 4.95. The average Bonchev–Trinajstić information content (AvgIpc) is 2.76. The first kappa shape index (κ1) is 10.3. The second kappa shape index (κ2) is 4.18. The van der Waals surface area contributed by atoms with E-state index in [2.05, 4.69) is 16.1 Å². The van der Waals surface area contributed by atoms with E-state index in [1.54, 1.807) is 0 Å². The maximum atomic E-state index is 6.09. The Morgan fingerprint density at radius 2 is 2.25 bits per heavy atom. The van der Waals surface area contributed by atoms with Crippen LogP contribution in [0.1, 0.15) is 55.8 Å². The van der Waals surface area contributed by atoms with Crippen molar-refractivity contribution < 1.29 is 0 Å². The van der Waals surface area contributed by atoms with Crippen molar-refractivity contribution in [2.45, 2.75) is 50.7 Å². The number of imidazole rings is 1. The van der Waals surface area contributed by atoms with Gasteiger partial charge in [-0.25, -0.2) is 4.98 Å². The molecule has 2 aliphatic rings. The van der Waals surface area contributed by atoms with E-state index in [4.69, 9.17) is 10.7 Å². The lowest BCUT2D eigenvalue weighted by atomic mass is 10.0. The van der Waals surface area contributed by atoms with E-state index in [0.29, 0.717) is 6.04 Å². The molecule has 3 heterocycles. The molecule has 0 spiro atoms. The highest BCUT2D eigenvalue weighted by atomic mass is 15.2. The quantitative estimate of drug-likeness (QED) is 0.754. The second-order valence-corrected chi connectivity index (χ2v) is 4.95. The molecule has 1 fully saturated rings. The first-order valence-electron chi connectivity index (χ1n) is 6.41. The molecule has 1 aromatic heterocycles. The zero-order chi connectivity index (χ0) is 11.0. The van der Waals surface area contributed by atoms with Crippen molar-refractivity contribution >= 4 is 0 Å². The van der Waals surface area contributed by atoms with Gasteiger partial charge in [-0.15, -0.1) is 0 Å². The van der Waals surface area contributed by atoms with Gasteiger partial charge in [0.25, 0.3) is 0 Å². The van der Waals surface area contributed by atoms with Crippen molar-refractivity contribution in [2.24, 2.45) is 5.73 Å². The Morgan fingerprint density at radius 1 is 1.31 bits per heavy atom. The van der Waals surface area contributed by atoms with Crippen LogP contribution in [0.25, 0.3) is 0 Å². The summed E-state index contributed by atoms with van der Waals surface area (Å²) in [5.74, 6) is 1.18. The highest BCUT2D eigenvalue weighted by molar-refractivity contribution is 5.12. The molecule has 0 bridgehead atoms. The molecule has 3 rings (SSSR count). The van der Waals surface area contributed by atoms with Gasteiger partial charge in [-0.1, -0.05) is 6.42 Å². The van der Waals surface area contributed by atoms with E-state index >= 15 is 0 Å². The van der Waals surface area contributed by atoms with Gasteiger partial charge in [0.15, 0.2) is 0 Å². The number of hydrogen-bond donors (Lipinski definition) is 2. The van der Waals surface area contributed by atoms with Crippen molar-refractivity contribution in [3.63, 3.8) is 0 Å². The van der Waals surface area contributed by atoms with Gasteiger partial charge in [0.1, 0.15) is 5.82 Å². The Labute approximate surface area is 96.2 Å². The van der Waals surface area contributed by atoms with E-state index in [1.807, 2.05) is 0 Å². The number of fused-ring (bicyclic) bond motifs is 1. The van der Waals surface area contributed by atoms with Gasteiger partial charge in [-0.2, -0.15) is 0 Å². The zero-order valence-corrected chi connectivity index (χ0v) is 9.65. The first-order chi connectivity index (χ1) is 7.84. The molecule has 88 valence electrons. The average molecular weight is 220 g/mol. The Kier molecular flexibility index (Phi) is 2.69. The number of piperidine rings is 1. The molecule has 1 saturated heterocycles. The highest BCUT2D eigenvalue weighted by Gasteiger charge is 2.23. The van der Waals surface area contributed by atoms with Crippen LogP contribution in [0.3, 0.4) is 0 Å². The minimum atomic E-state index is 0.147.